The van der Waals surface area contributed by atoms with Crippen LogP contribution in [0.2, 0.25) is 10.0 Å². The van der Waals surface area contributed by atoms with Crippen LogP contribution in [0.3, 0.4) is 0 Å². The number of hydrogen-bond acceptors (Lipinski definition) is 2. The monoisotopic (exact) mass is 306 g/mol. The Morgan fingerprint density at radius 1 is 1.10 bits per heavy atom. The van der Waals surface area contributed by atoms with E-state index >= 15 is 0 Å². The van der Waals surface area contributed by atoms with Gasteiger partial charge in [0, 0.05) is 24.5 Å². The number of rotatable bonds is 2. The molecule has 0 spiro atoms. The third-order valence-corrected chi connectivity index (χ3v) is 4.63. The second-order valence-electron chi connectivity index (χ2n) is 5.08. The molecule has 0 atom stereocenters. The summed E-state index contributed by atoms with van der Waals surface area (Å²) in [6.07, 6.45) is 2.15. The van der Waals surface area contributed by atoms with Gasteiger partial charge in [-0.2, -0.15) is 0 Å². The molecule has 0 amide bonds. The normalized spacial score (nSPS) is 14.2. The largest absolute Gasteiger partial charge is 0.398 e. The van der Waals surface area contributed by atoms with Gasteiger partial charge in [-0.1, -0.05) is 41.4 Å². The van der Waals surface area contributed by atoms with Gasteiger partial charge in [-0.15, -0.1) is 0 Å². The molecule has 3 rings (SSSR count). The van der Waals surface area contributed by atoms with E-state index in [0.717, 1.165) is 37.2 Å². The molecule has 0 aromatic heterocycles. The van der Waals surface area contributed by atoms with Crippen molar-refractivity contribution in [1.82, 2.24) is 0 Å². The van der Waals surface area contributed by atoms with Crippen LogP contribution in [0.25, 0.3) is 0 Å². The maximum absolute atomic E-state index is 6.29. The Hall–Kier alpha value is -1.38. The summed E-state index contributed by atoms with van der Waals surface area (Å²) < 4.78 is 0. The van der Waals surface area contributed by atoms with Gasteiger partial charge in [0.25, 0.3) is 0 Å². The molecule has 0 radical (unpaired) electrons. The summed E-state index contributed by atoms with van der Waals surface area (Å²) in [5.41, 5.74) is 10.5. The van der Waals surface area contributed by atoms with Crippen molar-refractivity contribution >= 4 is 34.6 Å². The fourth-order valence-corrected chi connectivity index (χ4v) is 3.15. The lowest BCUT2D eigenvalue weighted by atomic mass is 9.99. The maximum Gasteiger partial charge on any atom is 0.0642 e. The zero-order chi connectivity index (χ0) is 14.1. The van der Waals surface area contributed by atoms with Crippen LogP contribution in [0.4, 0.5) is 11.4 Å². The van der Waals surface area contributed by atoms with E-state index in [1.165, 1.54) is 11.3 Å². The molecule has 2 aromatic rings. The predicted molar refractivity (Wildman–Crippen MR) is 86.7 cm³/mol. The van der Waals surface area contributed by atoms with E-state index < -0.39 is 0 Å². The molecule has 20 heavy (non-hydrogen) atoms. The lowest BCUT2D eigenvalue weighted by Gasteiger charge is -2.32. The molecular formula is C16H16Cl2N2. The molecule has 2 nitrogen and oxygen atoms in total. The van der Waals surface area contributed by atoms with Gasteiger partial charge >= 0.3 is 0 Å². The van der Waals surface area contributed by atoms with Gasteiger partial charge < -0.3 is 10.6 Å². The van der Waals surface area contributed by atoms with Crippen LogP contribution in [0.1, 0.15) is 17.5 Å². The first-order valence-corrected chi connectivity index (χ1v) is 7.47. The van der Waals surface area contributed by atoms with Gasteiger partial charge in [0.05, 0.1) is 10.0 Å². The molecule has 4 heteroatoms. The molecule has 1 aliphatic rings. The van der Waals surface area contributed by atoms with Crippen molar-refractivity contribution in [3.8, 4) is 0 Å². The topological polar surface area (TPSA) is 29.3 Å². The number of nitrogen functional groups attached to an aromatic ring is 1. The molecule has 2 aromatic carbocycles. The van der Waals surface area contributed by atoms with E-state index in [-0.39, 0.29) is 0 Å². The summed E-state index contributed by atoms with van der Waals surface area (Å²) in [5, 5.41) is 1.25. The Labute approximate surface area is 129 Å². The highest BCUT2D eigenvalue weighted by atomic mass is 35.5. The lowest BCUT2D eigenvalue weighted by Crippen LogP contribution is -2.29. The number of fused-ring (bicyclic) bond motifs is 1. The molecule has 0 saturated carbocycles. The number of halogens is 2. The standard InChI is InChI=1S/C16H16Cl2N2/c17-13-6-1-4-11(16(13)18)10-20-9-3-5-12-14(19)7-2-8-15(12)20/h1-2,4,6-8H,3,5,9-10,19H2. The number of benzene rings is 2. The molecule has 104 valence electrons. The van der Waals surface area contributed by atoms with E-state index in [9.17, 15) is 0 Å². The summed E-state index contributed by atoms with van der Waals surface area (Å²) in [7, 11) is 0. The zero-order valence-electron chi connectivity index (χ0n) is 11.1. The van der Waals surface area contributed by atoms with Crippen LogP contribution >= 0.6 is 23.2 Å². The highest BCUT2D eigenvalue weighted by molar-refractivity contribution is 6.42. The minimum absolute atomic E-state index is 0.606. The highest BCUT2D eigenvalue weighted by Crippen LogP contribution is 2.34. The predicted octanol–water partition coefficient (Wildman–Crippen LogP) is 4.53. The second kappa shape index (κ2) is 5.55. The van der Waals surface area contributed by atoms with Gasteiger partial charge in [0.15, 0.2) is 0 Å². The Morgan fingerprint density at radius 2 is 1.90 bits per heavy atom. The van der Waals surface area contributed by atoms with Gasteiger partial charge in [0.1, 0.15) is 0 Å². The van der Waals surface area contributed by atoms with E-state index in [4.69, 9.17) is 28.9 Å². The van der Waals surface area contributed by atoms with Crippen LogP contribution in [-0.4, -0.2) is 6.54 Å². The van der Waals surface area contributed by atoms with Crippen LogP contribution in [0.5, 0.6) is 0 Å². The van der Waals surface area contributed by atoms with Crippen molar-refractivity contribution < 1.29 is 0 Å². The fourth-order valence-electron chi connectivity index (χ4n) is 2.77. The van der Waals surface area contributed by atoms with Crippen molar-refractivity contribution in [1.29, 1.82) is 0 Å². The van der Waals surface area contributed by atoms with Crippen molar-refractivity contribution in [2.45, 2.75) is 19.4 Å². The summed E-state index contributed by atoms with van der Waals surface area (Å²) in [5.74, 6) is 0. The van der Waals surface area contributed by atoms with Crippen molar-refractivity contribution in [3.63, 3.8) is 0 Å². The lowest BCUT2D eigenvalue weighted by molar-refractivity contribution is 0.692. The molecule has 0 aliphatic carbocycles. The summed E-state index contributed by atoms with van der Waals surface area (Å²) in [6, 6.07) is 11.9. The summed E-state index contributed by atoms with van der Waals surface area (Å²) in [6.45, 7) is 1.77. The number of hydrogen-bond donors (Lipinski definition) is 1. The molecular weight excluding hydrogens is 291 g/mol. The molecule has 1 heterocycles. The summed E-state index contributed by atoms with van der Waals surface area (Å²) >= 11 is 12.4. The van der Waals surface area contributed by atoms with Crippen molar-refractivity contribution in [2.24, 2.45) is 0 Å². The smallest absolute Gasteiger partial charge is 0.0642 e. The van der Waals surface area contributed by atoms with Gasteiger partial charge in [-0.3, -0.25) is 0 Å². The average Bonchev–Trinajstić information content (AvgIpc) is 2.45. The second-order valence-corrected chi connectivity index (χ2v) is 5.87. The first-order chi connectivity index (χ1) is 9.66. The Kier molecular flexibility index (Phi) is 3.77. The number of nitrogens with two attached hydrogens (primary N) is 1. The van der Waals surface area contributed by atoms with Gasteiger partial charge in [-0.05, 0) is 42.2 Å². The van der Waals surface area contributed by atoms with Crippen LogP contribution in [0.15, 0.2) is 36.4 Å². The van der Waals surface area contributed by atoms with E-state index in [2.05, 4.69) is 11.0 Å². The van der Waals surface area contributed by atoms with Crippen LogP contribution in [0, 0.1) is 0 Å². The molecule has 0 saturated heterocycles. The zero-order valence-corrected chi connectivity index (χ0v) is 12.6. The minimum atomic E-state index is 0.606. The van der Waals surface area contributed by atoms with Gasteiger partial charge in [0.2, 0.25) is 0 Å². The molecule has 1 aliphatic heterocycles. The van der Waals surface area contributed by atoms with E-state index in [1.54, 1.807) is 0 Å². The quantitative estimate of drug-likeness (QED) is 0.826. The minimum Gasteiger partial charge on any atom is -0.398 e. The van der Waals surface area contributed by atoms with E-state index in [1.807, 2.05) is 30.3 Å². The van der Waals surface area contributed by atoms with E-state index in [0.29, 0.717) is 10.0 Å². The van der Waals surface area contributed by atoms with Crippen molar-refractivity contribution in [3.05, 3.63) is 57.6 Å². The first-order valence-electron chi connectivity index (χ1n) is 6.72. The van der Waals surface area contributed by atoms with Crippen LogP contribution < -0.4 is 10.6 Å². The molecule has 0 bridgehead atoms. The van der Waals surface area contributed by atoms with Crippen LogP contribution in [-0.2, 0) is 13.0 Å². The number of nitrogens with zero attached hydrogens (tertiary/aromatic N) is 1. The maximum atomic E-state index is 6.29. The summed E-state index contributed by atoms with van der Waals surface area (Å²) in [4.78, 5) is 2.33. The molecule has 0 fully saturated rings. The fraction of sp³-hybridized carbons (Fsp3) is 0.250. The van der Waals surface area contributed by atoms with Crippen molar-refractivity contribution in [2.75, 3.05) is 17.2 Å². The first kappa shape index (κ1) is 13.6. The highest BCUT2D eigenvalue weighted by Gasteiger charge is 2.19. The SMILES string of the molecule is Nc1cccc2c1CCCN2Cc1cccc(Cl)c1Cl. The molecule has 0 unspecified atom stereocenters. The Morgan fingerprint density at radius 3 is 2.75 bits per heavy atom. The molecule has 2 N–H and O–H groups in total. The third-order valence-electron chi connectivity index (χ3n) is 3.78. The Bertz CT molecular complexity index is 640. The number of anilines is 2. The van der Waals surface area contributed by atoms with Gasteiger partial charge in [-0.25, -0.2) is 0 Å². The third kappa shape index (κ3) is 2.46. The average molecular weight is 307 g/mol. The Balaban J connectivity index is 1.94.